The van der Waals surface area contributed by atoms with Gasteiger partial charge in [-0.2, -0.15) is 0 Å². The average Bonchev–Trinajstić information content (AvgIpc) is 2.89. The largest absolute Gasteiger partial charge is 0.379 e. The van der Waals surface area contributed by atoms with Gasteiger partial charge in [0, 0.05) is 25.6 Å². The molecule has 3 atom stereocenters. The predicted molar refractivity (Wildman–Crippen MR) is 77.6 cm³/mol. The topological polar surface area (TPSA) is 30.9 Å². The molecule has 2 saturated heterocycles. The van der Waals surface area contributed by atoms with Gasteiger partial charge in [-0.15, -0.1) is 0 Å². The number of rotatable bonds is 3. The molecule has 0 radical (unpaired) electrons. The highest BCUT2D eigenvalue weighted by molar-refractivity contribution is 4.87. The average molecular weight is 283 g/mol. The molecule has 4 nitrogen and oxygen atoms in total. The molecule has 20 heavy (non-hydrogen) atoms. The summed E-state index contributed by atoms with van der Waals surface area (Å²) in [5, 5.41) is 0. The van der Waals surface area contributed by atoms with E-state index in [1.54, 1.807) is 0 Å². The predicted octanol–water partition coefficient (Wildman–Crippen LogP) is 2.28. The monoisotopic (exact) mass is 283 g/mol. The van der Waals surface area contributed by atoms with Crippen molar-refractivity contribution in [3.63, 3.8) is 0 Å². The van der Waals surface area contributed by atoms with Crippen LogP contribution in [0.4, 0.5) is 0 Å². The lowest BCUT2D eigenvalue weighted by Crippen LogP contribution is -2.47. The van der Waals surface area contributed by atoms with Crippen LogP contribution in [0.1, 0.15) is 39.5 Å². The molecule has 2 heterocycles. The summed E-state index contributed by atoms with van der Waals surface area (Å²) in [5.74, 6) is 1.18. The number of ether oxygens (including phenoxy) is 3. The van der Waals surface area contributed by atoms with Gasteiger partial charge in [-0.05, 0) is 38.0 Å². The van der Waals surface area contributed by atoms with Gasteiger partial charge in [0.25, 0.3) is 0 Å². The maximum absolute atomic E-state index is 5.82. The SMILES string of the molecule is CC1CC[C@H](N2CCOCC2)C[C@@H]1CC1(C)OCCO1. The lowest BCUT2D eigenvalue weighted by molar-refractivity contribution is -0.162. The molecule has 0 spiro atoms. The number of hydrogen-bond donors (Lipinski definition) is 0. The van der Waals surface area contributed by atoms with Crippen molar-refractivity contribution in [2.24, 2.45) is 11.8 Å². The van der Waals surface area contributed by atoms with Crippen LogP contribution in [0.2, 0.25) is 0 Å². The van der Waals surface area contributed by atoms with E-state index in [0.717, 1.165) is 63.8 Å². The maximum atomic E-state index is 5.82. The molecular weight excluding hydrogens is 254 g/mol. The quantitative estimate of drug-likeness (QED) is 0.795. The second-order valence-corrected chi connectivity index (χ2v) is 6.89. The summed E-state index contributed by atoms with van der Waals surface area (Å²) in [6.45, 7) is 10.0. The molecule has 1 saturated carbocycles. The molecule has 1 unspecified atom stereocenters. The third-order valence-corrected chi connectivity index (χ3v) is 5.43. The Balaban J connectivity index is 1.58. The lowest BCUT2D eigenvalue weighted by atomic mass is 9.74. The second kappa shape index (κ2) is 6.30. The zero-order valence-corrected chi connectivity index (χ0v) is 13.0. The first-order valence-corrected chi connectivity index (χ1v) is 8.26. The molecule has 3 fully saturated rings. The van der Waals surface area contributed by atoms with Gasteiger partial charge in [0.05, 0.1) is 26.4 Å². The molecule has 116 valence electrons. The van der Waals surface area contributed by atoms with Crippen molar-refractivity contribution in [1.82, 2.24) is 4.90 Å². The van der Waals surface area contributed by atoms with Crippen LogP contribution < -0.4 is 0 Å². The Bertz CT molecular complexity index is 311. The van der Waals surface area contributed by atoms with Crippen LogP contribution >= 0.6 is 0 Å². The van der Waals surface area contributed by atoms with E-state index in [-0.39, 0.29) is 5.79 Å². The summed E-state index contributed by atoms with van der Waals surface area (Å²) in [4.78, 5) is 2.64. The number of hydrogen-bond acceptors (Lipinski definition) is 4. The zero-order chi connectivity index (χ0) is 14.0. The summed E-state index contributed by atoms with van der Waals surface area (Å²) >= 11 is 0. The van der Waals surface area contributed by atoms with Crippen molar-refractivity contribution in [3.05, 3.63) is 0 Å². The van der Waals surface area contributed by atoms with Crippen molar-refractivity contribution in [3.8, 4) is 0 Å². The summed E-state index contributed by atoms with van der Waals surface area (Å²) < 4.78 is 17.1. The zero-order valence-electron chi connectivity index (χ0n) is 13.0. The van der Waals surface area contributed by atoms with Gasteiger partial charge in [0.15, 0.2) is 5.79 Å². The Kier molecular flexibility index (Phi) is 4.65. The van der Waals surface area contributed by atoms with Crippen LogP contribution in [0.5, 0.6) is 0 Å². The van der Waals surface area contributed by atoms with Crippen molar-refractivity contribution in [2.75, 3.05) is 39.5 Å². The lowest BCUT2D eigenvalue weighted by Gasteiger charge is -2.43. The van der Waals surface area contributed by atoms with Gasteiger partial charge in [0.2, 0.25) is 0 Å². The van der Waals surface area contributed by atoms with E-state index in [1.807, 2.05) is 0 Å². The van der Waals surface area contributed by atoms with Gasteiger partial charge in [-0.25, -0.2) is 0 Å². The fourth-order valence-corrected chi connectivity index (χ4v) is 4.10. The minimum Gasteiger partial charge on any atom is -0.379 e. The third-order valence-electron chi connectivity index (χ3n) is 5.43. The second-order valence-electron chi connectivity index (χ2n) is 6.89. The standard InChI is InChI=1S/C16H29NO3/c1-13-3-4-15(17-5-7-18-8-6-17)11-14(13)12-16(2)19-9-10-20-16/h13-15H,3-12H2,1-2H3/t13?,14-,15+/m1/s1. The molecule has 1 aliphatic carbocycles. The van der Waals surface area contributed by atoms with Crippen LogP contribution in [0, 0.1) is 11.8 Å². The molecule has 0 aromatic carbocycles. The Labute approximate surface area is 122 Å². The molecule has 4 heteroatoms. The molecule has 0 amide bonds. The first-order valence-electron chi connectivity index (χ1n) is 8.26. The normalized spacial score (nSPS) is 39.0. The van der Waals surface area contributed by atoms with Crippen LogP contribution in [-0.2, 0) is 14.2 Å². The maximum Gasteiger partial charge on any atom is 0.166 e. The first-order chi connectivity index (χ1) is 9.66. The Morgan fingerprint density at radius 3 is 2.45 bits per heavy atom. The van der Waals surface area contributed by atoms with Gasteiger partial charge >= 0.3 is 0 Å². The molecule has 3 rings (SSSR count). The van der Waals surface area contributed by atoms with Crippen molar-refractivity contribution >= 4 is 0 Å². The molecule has 3 aliphatic rings. The molecule has 0 aromatic heterocycles. The van der Waals surface area contributed by atoms with E-state index in [2.05, 4.69) is 18.7 Å². The van der Waals surface area contributed by atoms with Gasteiger partial charge in [-0.3, -0.25) is 4.90 Å². The summed E-state index contributed by atoms with van der Waals surface area (Å²) in [6.07, 6.45) is 5.03. The molecule has 0 aromatic rings. The smallest absolute Gasteiger partial charge is 0.166 e. The molecule has 0 bridgehead atoms. The Hall–Kier alpha value is -0.160. The van der Waals surface area contributed by atoms with Crippen LogP contribution in [-0.4, -0.2) is 56.2 Å². The van der Waals surface area contributed by atoms with Gasteiger partial charge < -0.3 is 14.2 Å². The summed E-state index contributed by atoms with van der Waals surface area (Å²) in [6, 6.07) is 0.741. The highest BCUT2D eigenvalue weighted by Crippen LogP contribution is 2.39. The van der Waals surface area contributed by atoms with Crippen molar-refractivity contribution in [2.45, 2.75) is 51.4 Å². The first kappa shape index (κ1) is 14.8. The van der Waals surface area contributed by atoms with Crippen LogP contribution in [0.25, 0.3) is 0 Å². The van der Waals surface area contributed by atoms with E-state index < -0.39 is 0 Å². The van der Waals surface area contributed by atoms with E-state index in [0.29, 0.717) is 0 Å². The third kappa shape index (κ3) is 3.35. The van der Waals surface area contributed by atoms with Crippen molar-refractivity contribution < 1.29 is 14.2 Å². The number of morpholine rings is 1. The minimum atomic E-state index is -0.328. The van der Waals surface area contributed by atoms with Crippen molar-refractivity contribution in [1.29, 1.82) is 0 Å². The highest BCUT2D eigenvalue weighted by Gasteiger charge is 2.39. The van der Waals surface area contributed by atoms with Gasteiger partial charge in [-0.1, -0.05) is 6.92 Å². The Morgan fingerprint density at radius 1 is 1.05 bits per heavy atom. The summed E-state index contributed by atoms with van der Waals surface area (Å²) in [5.41, 5.74) is 0. The van der Waals surface area contributed by atoms with E-state index >= 15 is 0 Å². The van der Waals surface area contributed by atoms with E-state index in [4.69, 9.17) is 14.2 Å². The highest BCUT2D eigenvalue weighted by atomic mass is 16.7. The van der Waals surface area contributed by atoms with Crippen LogP contribution in [0.15, 0.2) is 0 Å². The molecular formula is C16H29NO3. The fourth-order valence-electron chi connectivity index (χ4n) is 4.10. The van der Waals surface area contributed by atoms with E-state index in [1.165, 1.54) is 19.3 Å². The molecule has 0 N–H and O–H groups in total. The van der Waals surface area contributed by atoms with E-state index in [9.17, 15) is 0 Å². The Morgan fingerprint density at radius 2 is 1.75 bits per heavy atom. The van der Waals surface area contributed by atoms with Gasteiger partial charge in [0.1, 0.15) is 0 Å². The summed E-state index contributed by atoms with van der Waals surface area (Å²) in [7, 11) is 0. The fraction of sp³-hybridized carbons (Fsp3) is 1.00. The minimum absolute atomic E-state index is 0.328. The van der Waals surface area contributed by atoms with Crippen LogP contribution in [0.3, 0.4) is 0 Å². The molecule has 2 aliphatic heterocycles. The number of nitrogens with zero attached hydrogens (tertiary/aromatic N) is 1.